The fourth-order valence-corrected chi connectivity index (χ4v) is 3.14. The summed E-state index contributed by atoms with van der Waals surface area (Å²) in [5.74, 6) is 1.31. The van der Waals surface area contributed by atoms with Crippen molar-refractivity contribution in [2.24, 2.45) is 5.92 Å². The summed E-state index contributed by atoms with van der Waals surface area (Å²) in [5.41, 5.74) is 6.41. The van der Waals surface area contributed by atoms with Gasteiger partial charge in [0.1, 0.15) is 11.9 Å². The van der Waals surface area contributed by atoms with Crippen molar-refractivity contribution >= 4 is 11.6 Å². The molecule has 0 unspecified atom stereocenters. The summed E-state index contributed by atoms with van der Waals surface area (Å²) < 4.78 is 11.3. The average molecular weight is 304 g/mol. The van der Waals surface area contributed by atoms with Gasteiger partial charge in [-0.05, 0) is 37.1 Å². The zero-order valence-corrected chi connectivity index (χ0v) is 12.9. The van der Waals surface area contributed by atoms with E-state index in [9.17, 15) is 4.79 Å². The van der Waals surface area contributed by atoms with Crippen LogP contribution in [0.2, 0.25) is 0 Å². The molecule has 0 saturated carbocycles. The molecule has 2 N–H and O–H groups in total. The largest absolute Gasteiger partial charge is 0.490 e. The van der Waals surface area contributed by atoms with Crippen LogP contribution in [0.3, 0.4) is 0 Å². The molecule has 0 aliphatic carbocycles. The van der Waals surface area contributed by atoms with Gasteiger partial charge >= 0.3 is 0 Å². The quantitative estimate of drug-likeness (QED) is 0.868. The molecule has 5 heteroatoms. The van der Waals surface area contributed by atoms with Crippen LogP contribution in [0.4, 0.5) is 5.69 Å². The SMILES string of the molecule is Nc1ccc(OC2CCN(C(=O)C3CCOCC3)CC2)cc1. The molecule has 5 nitrogen and oxygen atoms in total. The van der Waals surface area contributed by atoms with Crippen molar-refractivity contribution in [1.29, 1.82) is 0 Å². The molecule has 2 saturated heterocycles. The third-order valence-corrected chi connectivity index (χ3v) is 4.51. The van der Waals surface area contributed by atoms with E-state index in [0.29, 0.717) is 19.1 Å². The second-order valence-electron chi connectivity index (χ2n) is 6.10. The third-order valence-electron chi connectivity index (χ3n) is 4.51. The molecule has 0 aromatic heterocycles. The van der Waals surface area contributed by atoms with Gasteiger partial charge in [-0.1, -0.05) is 0 Å². The summed E-state index contributed by atoms with van der Waals surface area (Å²) >= 11 is 0. The van der Waals surface area contributed by atoms with E-state index in [1.165, 1.54) is 0 Å². The number of rotatable bonds is 3. The van der Waals surface area contributed by atoms with E-state index in [0.717, 1.165) is 50.2 Å². The molecule has 1 amide bonds. The van der Waals surface area contributed by atoms with Crippen molar-refractivity contribution in [3.8, 4) is 5.75 Å². The molecule has 3 rings (SSSR count). The van der Waals surface area contributed by atoms with E-state index in [4.69, 9.17) is 15.2 Å². The number of hydrogen-bond donors (Lipinski definition) is 1. The molecule has 22 heavy (non-hydrogen) atoms. The van der Waals surface area contributed by atoms with Crippen molar-refractivity contribution in [3.05, 3.63) is 24.3 Å². The van der Waals surface area contributed by atoms with Gasteiger partial charge in [0.25, 0.3) is 0 Å². The van der Waals surface area contributed by atoms with Gasteiger partial charge in [-0.3, -0.25) is 4.79 Å². The standard InChI is InChI=1S/C17H24N2O3/c18-14-1-3-15(4-2-14)22-16-5-9-19(10-6-16)17(20)13-7-11-21-12-8-13/h1-4,13,16H,5-12,18H2. The molecular formula is C17H24N2O3. The fourth-order valence-electron chi connectivity index (χ4n) is 3.14. The summed E-state index contributed by atoms with van der Waals surface area (Å²) in [6.45, 7) is 3.01. The molecule has 0 radical (unpaired) electrons. The van der Waals surface area contributed by atoms with Crippen LogP contribution in [0.25, 0.3) is 0 Å². The molecule has 1 aromatic rings. The fraction of sp³-hybridized carbons (Fsp3) is 0.588. The maximum Gasteiger partial charge on any atom is 0.225 e. The van der Waals surface area contributed by atoms with E-state index in [2.05, 4.69) is 0 Å². The van der Waals surface area contributed by atoms with Crippen LogP contribution >= 0.6 is 0 Å². The van der Waals surface area contributed by atoms with Crippen LogP contribution in [0, 0.1) is 5.92 Å². The lowest BCUT2D eigenvalue weighted by Crippen LogP contribution is -2.45. The smallest absolute Gasteiger partial charge is 0.225 e. The van der Waals surface area contributed by atoms with Crippen molar-refractivity contribution in [2.75, 3.05) is 32.0 Å². The Kier molecular flexibility index (Phi) is 4.83. The first-order valence-corrected chi connectivity index (χ1v) is 8.11. The lowest BCUT2D eigenvalue weighted by atomic mass is 9.97. The van der Waals surface area contributed by atoms with Crippen LogP contribution in [-0.2, 0) is 9.53 Å². The highest BCUT2D eigenvalue weighted by atomic mass is 16.5. The van der Waals surface area contributed by atoms with E-state index >= 15 is 0 Å². The number of amides is 1. The third kappa shape index (κ3) is 3.71. The van der Waals surface area contributed by atoms with Crippen molar-refractivity contribution in [3.63, 3.8) is 0 Å². The van der Waals surface area contributed by atoms with Crippen LogP contribution < -0.4 is 10.5 Å². The number of piperidine rings is 1. The van der Waals surface area contributed by atoms with Gasteiger partial charge in [-0.25, -0.2) is 0 Å². The highest BCUT2D eigenvalue weighted by molar-refractivity contribution is 5.79. The summed E-state index contributed by atoms with van der Waals surface area (Å²) in [5, 5.41) is 0. The van der Waals surface area contributed by atoms with Crippen LogP contribution in [0.1, 0.15) is 25.7 Å². The number of nitrogen functional groups attached to an aromatic ring is 1. The second-order valence-corrected chi connectivity index (χ2v) is 6.10. The molecule has 120 valence electrons. The lowest BCUT2D eigenvalue weighted by molar-refractivity contribution is -0.140. The number of nitrogens with two attached hydrogens (primary N) is 1. The minimum absolute atomic E-state index is 0.156. The van der Waals surface area contributed by atoms with Gasteiger partial charge in [0, 0.05) is 50.8 Å². The molecule has 1 aromatic carbocycles. The Bertz CT molecular complexity index is 489. The topological polar surface area (TPSA) is 64.8 Å². The normalized spacial score (nSPS) is 20.8. The van der Waals surface area contributed by atoms with E-state index in [1.54, 1.807) is 0 Å². The highest BCUT2D eigenvalue weighted by Crippen LogP contribution is 2.23. The zero-order chi connectivity index (χ0) is 15.4. The van der Waals surface area contributed by atoms with Gasteiger partial charge in [0.05, 0.1) is 0 Å². The van der Waals surface area contributed by atoms with E-state index < -0.39 is 0 Å². The Morgan fingerprint density at radius 3 is 2.36 bits per heavy atom. The highest BCUT2D eigenvalue weighted by Gasteiger charge is 2.29. The predicted octanol–water partition coefficient (Wildman–Crippen LogP) is 2.07. The molecule has 2 heterocycles. The first-order valence-electron chi connectivity index (χ1n) is 8.11. The minimum atomic E-state index is 0.156. The Balaban J connectivity index is 1.47. The van der Waals surface area contributed by atoms with Gasteiger partial charge in [0.15, 0.2) is 0 Å². The maximum atomic E-state index is 12.5. The van der Waals surface area contributed by atoms with Gasteiger partial charge in [0.2, 0.25) is 5.91 Å². The molecule has 0 bridgehead atoms. The summed E-state index contributed by atoms with van der Waals surface area (Å²) in [4.78, 5) is 14.5. The first kappa shape index (κ1) is 15.2. The minimum Gasteiger partial charge on any atom is -0.490 e. The number of ether oxygens (including phenoxy) is 2. The summed E-state index contributed by atoms with van der Waals surface area (Å²) in [6, 6.07) is 7.49. The Morgan fingerprint density at radius 2 is 1.73 bits per heavy atom. The first-order chi connectivity index (χ1) is 10.7. The van der Waals surface area contributed by atoms with E-state index in [-0.39, 0.29) is 12.0 Å². The number of hydrogen-bond acceptors (Lipinski definition) is 4. The number of carbonyl (C=O) groups excluding carboxylic acids is 1. The van der Waals surface area contributed by atoms with E-state index in [1.807, 2.05) is 29.2 Å². The molecule has 0 spiro atoms. The van der Waals surface area contributed by atoms with Gasteiger partial charge in [-0.2, -0.15) is 0 Å². The zero-order valence-electron chi connectivity index (χ0n) is 12.9. The summed E-state index contributed by atoms with van der Waals surface area (Å²) in [7, 11) is 0. The monoisotopic (exact) mass is 304 g/mol. The Labute approximate surface area is 131 Å². The number of anilines is 1. The molecule has 0 atom stereocenters. The van der Waals surface area contributed by atoms with Gasteiger partial charge < -0.3 is 20.1 Å². The average Bonchev–Trinajstić information content (AvgIpc) is 2.58. The Hall–Kier alpha value is -1.75. The number of likely N-dealkylation sites (tertiary alicyclic amines) is 1. The van der Waals surface area contributed by atoms with Crippen molar-refractivity contribution in [1.82, 2.24) is 4.90 Å². The Morgan fingerprint density at radius 1 is 1.09 bits per heavy atom. The number of nitrogens with zero attached hydrogens (tertiary/aromatic N) is 1. The lowest BCUT2D eigenvalue weighted by Gasteiger charge is -2.35. The van der Waals surface area contributed by atoms with Crippen LogP contribution in [-0.4, -0.2) is 43.2 Å². The number of benzene rings is 1. The molecule has 2 fully saturated rings. The molecular weight excluding hydrogens is 280 g/mol. The molecule has 2 aliphatic heterocycles. The van der Waals surface area contributed by atoms with Crippen LogP contribution in [0.5, 0.6) is 5.75 Å². The van der Waals surface area contributed by atoms with Crippen molar-refractivity contribution in [2.45, 2.75) is 31.8 Å². The van der Waals surface area contributed by atoms with Crippen LogP contribution in [0.15, 0.2) is 24.3 Å². The second kappa shape index (κ2) is 7.01. The predicted molar refractivity (Wildman–Crippen MR) is 84.6 cm³/mol. The molecule has 2 aliphatic rings. The van der Waals surface area contributed by atoms with Crippen molar-refractivity contribution < 1.29 is 14.3 Å². The van der Waals surface area contributed by atoms with Gasteiger partial charge in [-0.15, -0.1) is 0 Å². The number of carbonyl (C=O) groups is 1. The summed E-state index contributed by atoms with van der Waals surface area (Å²) in [6.07, 6.45) is 3.68. The maximum absolute atomic E-state index is 12.5.